The van der Waals surface area contributed by atoms with E-state index in [1.165, 1.54) is 6.42 Å². The molecule has 172 valence electrons. The average Bonchev–Trinajstić information content (AvgIpc) is 3.21. The summed E-state index contributed by atoms with van der Waals surface area (Å²) in [7, 11) is 0. The molecule has 1 amide bonds. The van der Waals surface area contributed by atoms with E-state index >= 15 is 0 Å². The van der Waals surface area contributed by atoms with Crippen LogP contribution in [0.3, 0.4) is 0 Å². The second kappa shape index (κ2) is 10.3. The molecule has 3 heterocycles. The second-order valence-electron chi connectivity index (χ2n) is 7.84. The van der Waals surface area contributed by atoms with E-state index in [1.807, 2.05) is 4.90 Å². The van der Waals surface area contributed by atoms with Gasteiger partial charge in [0.25, 0.3) is 5.91 Å². The van der Waals surface area contributed by atoms with Gasteiger partial charge in [0.05, 0.1) is 0 Å². The molecule has 2 N–H and O–H groups in total. The Morgan fingerprint density at radius 2 is 1.84 bits per heavy atom. The van der Waals surface area contributed by atoms with E-state index in [0.29, 0.717) is 17.5 Å². The molecule has 8 nitrogen and oxygen atoms in total. The van der Waals surface area contributed by atoms with E-state index in [2.05, 4.69) is 15.2 Å². The zero-order chi connectivity index (χ0) is 22.4. The lowest BCUT2D eigenvalue weighted by atomic mass is 9.96. The van der Waals surface area contributed by atoms with Crippen LogP contribution in [0.4, 0.5) is 13.2 Å². The van der Waals surface area contributed by atoms with Crippen LogP contribution in [0.15, 0.2) is 18.3 Å². The number of alkyl halides is 3. The number of piperazine rings is 1. The van der Waals surface area contributed by atoms with Crippen molar-refractivity contribution in [2.45, 2.75) is 44.0 Å². The summed E-state index contributed by atoms with van der Waals surface area (Å²) in [5.74, 6) is -2.07. The largest absolute Gasteiger partial charge is 0.490 e. The zero-order valence-electron chi connectivity index (χ0n) is 17.1. The third-order valence-electron chi connectivity index (χ3n) is 5.68. The zero-order valence-corrected chi connectivity index (χ0v) is 17.1. The Bertz CT molecular complexity index is 767. The molecular weight excluding hydrogens is 417 g/mol. The summed E-state index contributed by atoms with van der Waals surface area (Å²) in [6.45, 7) is 5.95. The minimum absolute atomic E-state index is 0.105. The molecule has 1 atom stereocenters. The van der Waals surface area contributed by atoms with E-state index in [1.54, 1.807) is 18.3 Å². The number of carbonyl (C=O) groups is 2. The van der Waals surface area contributed by atoms with Crippen molar-refractivity contribution in [3.8, 4) is 5.88 Å². The third kappa shape index (κ3) is 6.54. The highest BCUT2D eigenvalue weighted by Crippen LogP contribution is 2.25. The fourth-order valence-corrected chi connectivity index (χ4v) is 3.72. The van der Waals surface area contributed by atoms with E-state index in [0.717, 1.165) is 58.5 Å². The number of halogens is 3. The van der Waals surface area contributed by atoms with Crippen LogP contribution in [0.1, 0.15) is 36.0 Å². The topological polar surface area (TPSA) is 95.0 Å². The minimum Gasteiger partial charge on any atom is -0.475 e. The first-order valence-electron chi connectivity index (χ1n) is 10.4. The molecule has 1 aromatic heterocycles. The molecule has 3 aliphatic rings. The highest BCUT2D eigenvalue weighted by molar-refractivity contribution is 5.94. The maximum Gasteiger partial charge on any atom is 0.490 e. The summed E-state index contributed by atoms with van der Waals surface area (Å²) in [5, 5.41) is 10.5. The van der Waals surface area contributed by atoms with Gasteiger partial charge in [-0.05, 0) is 31.7 Å². The predicted octanol–water partition coefficient (Wildman–Crippen LogP) is 1.77. The van der Waals surface area contributed by atoms with Crippen LogP contribution in [0.25, 0.3) is 0 Å². The lowest BCUT2D eigenvalue weighted by Gasteiger charge is -2.32. The van der Waals surface area contributed by atoms with E-state index in [4.69, 9.17) is 14.6 Å². The average molecular weight is 444 g/mol. The van der Waals surface area contributed by atoms with E-state index in [-0.39, 0.29) is 12.0 Å². The van der Waals surface area contributed by atoms with Gasteiger partial charge in [-0.2, -0.15) is 13.2 Å². The highest BCUT2D eigenvalue weighted by Gasteiger charge is 2.38. The summed E-state index contributed by atoms with van der Waals surface area (Å²) in [5.41, 5.74) is 0.695. The number of nitrogens with one attached hydrogen (secondary N) is 1. The fourth-order valence-electron chi connectivity index (χ4n) is 3.72. The molecule has 1 aliphatic carbocycles. The summed E-state index contributed by atoms with van der Waals surface area (Å²) in [6, 6.07) is 4.11. The van der Waals surface area contributed by atoms with Crippen LogP contribution in [-0.2, 0) is 4.79 Å². The van der Waals surface area contributed by atoms with Crippen LogP contribution < -0.4 is 10.1 Å². The Balaban J connectivity index is 0.000000339. The molecule has 1 aromatic rings. The Morgan fingerprint density at radius 3 is 2.42 bits per heavy atom. The Kier molecular flexibility index (Phi) is 7.71. The Labute approximate surface area is 178 Å². The molecule has 0 aromatic carbocycles. The van der Waals surface area contributed by atoms with Gasteiger partial charge in [0, 0.05) is 63.1 Å². The quantitative estimate of drug-likeness (QED) is 0.731. The number of aliphatic carboxylic acids is 1. The number of amides is 1. The molecule has 0 bridgehead atoms. The van der Waals surface area contributed by atoms with Gasteiger partial charge < -0.3 is 20.1 Å². The molecule has 1 saturated carbocycles. The van der Waals surface area contributed by atoms with E-state index < -0.39 is 12.1 Å². The summed E-state index contributed by atoms with van der Waals surface area (Å²) in [6.07, 6.45) is 1.38. The highest BCUT2D eigenvalue weighted by atomic mass is 19.4. The molecular formula is C20H27F3N4O4. The first-order chi connectivity index (χ1) is 14.7. The van der Waals surface area contributed by atoms with Gasteiger partial charge in [-0.1, -0.05) is 0 Å². The molecule has 11 heteroatoms. The molecule has 0 spiro atoms. The number of nitrogens with zero attached hydrogens (tertiary/aromatic N) is 3. The van der Waals surface area contributed by atoms with Crippen LogP contribution in [0, 0.1) is 0 Å². The molecule has 31 heavy (non-hydrogen) atoms. The monoisotopic (exact) mass is 444 g/mol. The minimum atomic E-state index is -5.08. The van der Waals surface area contributed by atoms with Gasteiger partial charge in [0.1, 0.15) is 6.10 Å². The maximum absolute atomic E-state index is 12.8. The first-order valence-corrected chi connectivity index (χ1v) is 10.4. The number of aromatic nitrogens is 1. The van der Waals surface area contributed by atoms with Crippen LogP contribution in [-0.4, -0.2) is 89.4 Å². The van der Waals surface area contributed by atoms with Gasteiger partial charge >= 0.3 is 12.1 Å². The van der Waals surface area contributed by atoms with E-state index in [9.17, 15) is 18.0 Å². The smallest absolute Gasteiger partial charge is 0.475 e. The molecule has 3 fully saturated rings. The normalized spacial score (nSPS) is 22.3. The van der Waals surface area contributed by atoms with Crippen molar-refractivity contribution in [1.82, 2.24) is 20.1 Å². The van der Waals surface area contributed by atoms with Gasteiger partial charge in [-0.15, -0.1) is 0 Å². The van der Waals surface area contributed by atoms with Crippen LogP contribution >= 0.6 is 0 Å². The Morgan fingerprint density at radius 1 is 1.16 bits per heavy atom. The molecule has 4 rings (SSSR count). The summed E-state index contributed by atoms with van der Waals surface area (Å²) in [4.78, 5) is 30.5. The number of hydrogen-bond acceptors (Lipinski definition) is 6. The lowest BCUT2D eigenvalue weighted by Crippen LogP contribution is -2.49. The molecule has 1 unspecified atom stereocenters. The van der Waals surface area contributed by atoms with Crippen molar-refractivity contribution < 1.29 is 32.6 Å². The van der Waals surface area contributed by atoms with Gasteiger partial charge in [-0.3, -0.25) is 9.69 Å². The standard InChI is InChI=1S/C18H26N4O2.C2HF3O2/c23-18(14-4-6-20-17(12-14)24-16-2-1-3-16)22-9-5-15(13-22)21-10-7-19-8-11-21;3-2(4,5)1(6)7/h4,6,12,15-16,19H,1-3,5,7-11,13H2;(H,6,7). The summed E-state index contributed by atoms with van der Waals surface area (Å²) < 4.78 is 37.6. The lowest BCUT2D eigenvalue weighted by molar-refractivity contribution is -0.192. The molecule has 2 saturated heterocycles. The number of ether oxygens (including phenoxy) is 1. The van der Waals surface area contributed by atoms with Crippen molar-refractivity contribution in [3.63, 3.8) is 0 Å². The summed E-state index contributed by atoms with van der Waals surface area (Å²) >= 11 is 0. The number of rotatable bonds is 4. The number of likely N-dealkylation sites (tertiary alicyclic amines) is 1. The fraction of sp³-hybridized carbons (Fsp3) is 0.650. The third-order valence-corrected chi connectivity index (χ3v) is 5.68. The van der Waals surface area contributed by atoms with Gasteiger partial charge in [-0.25, -0.2) is 9.78 Å². The Hall–Kier alpha value is -2.40. The van der Waals surface area contributed by atoms with Crippen molar-refractivity contribution in [2.75, 3.05) is 39.3 Å². The number of carbonyl (C=O) groups excluding carboxylic acids is 1. The molecule has 0 radical (unpaired) electrons. The van der Waals surface area contributed by atoms with Crippen molar-refractivity contribution >= 4 is 11.9 Å². The predicted molar refractivity (Wildman–Crippen MR) is 105 cm³/mol. The van der Waals surface area contributed by atoms with Gasteiger partial charge in [0.2, 0.25) is 5.88 Å². The number of pyridine rings is 1. The maximum atomic E-state index is 12.8. The van der Waals surface area contributed by atoms with Crippen LogP contribution in [0.5, 0.6) is 5.88 Å². The van der Waals surface area contributed by atoms with Crippen molar-refractivity contribution in [2.24, 2.45) is 0 Å². The van der Waals surface area contributed by atoms with Crippen molar-refractivity contribution in [1.29, 1.82) is 0 Å². The van der Waals surface area contributed by atoms with Crippen molar-refractivity contribution in [3.05, 3.63) is 23.9 Å². The number of carboxylic acid groups (broad SMARTS) is 1. The second-order valence-corrected chi connectivity index (χ2v) is 7.84. The van der Waals surface area contributed by atoms with Gasteiger partial charge in [0.15, 0.2) is 0 Å². The van der Waals surface area contributed by atoms with Crippen LogP contribution in [0.2, 0.25) is 0 Å². The first kappa shape index (κ1) is 23.3. The number of carboxylic acids is 1. The number of hydrogen-bond donors (Lipinski definition) is 2. The molecule has 2 aliphatic heterocycles. The SMILES string of the molecule is O=C(O)C(F)(F)F.O=C(c1ccnc(OC2CCC2)c1)N1CCC(N2CCNCC2)C1.